The maximum absolute atomic E-state index is 12.5. The van der Waals surface area contributed by atoms with Crippen LogP contribution in [-0.4, -0.2) is 35.6 Å². The van der Waals surface area contributed by atoms with Crippen LogP contribution in [0.1, 0.15) is 5.56 Å². The summed E-state index contributed by atoms with van der Waals surface area (Å²) in [6, 6.07) is 14.2. The largest absolute Gasteiger partial charge is 0.497 e. The van der Waals surface area contributed by atoms with Crippen molar-refractivity contribution in [1.29, 1.82) is 0 Å². The van der Waals surface area contributed by atoms with E-state index in [2.05, 4.69) is 21.2 Å². The third-order valence-corrected chi connectivity index (χ3v) is 5.34. The van der Waals surface area contributed by atoms with E-state index in [1.165, 1.54) is 0 Å². The highest BCUT2D eigenvalue weighted by Gasteiger charge is 2.36. The molecule has 1 saturated heterocycles. The molecule has 0 spiro atoms. The number of nitrogens with one attached hydrogen (secondary N) is 1. The first-order valence-electron chi connectivity index (χ1n) is 7.92. The number of carbonyl (C=O) groups excluding carboxylic acids is 3. The minimum absolute atomic E-state index is 0.277. The first-order chi connectivity index (χ1) is 13.0. The fourth-order valence-corrected chi connectivity index (χ4v) is 3.61. The molecule has 1 aliphatic heterocycles. The first-order valence-corrected chi connectivity index (χ1v) is 9.52. The second kappa shape index (κ2) is 8.41. The summed E-state index contributed by atoms with van der Waals surface area (Å²) in [7, 11) is 1.57. The average molecular weight is 447 g/mol. The summed E-state index contributed by atoms with van der Waals surface area (Å²) in [5.41, 5.74) is 1.34. The maximum Gasteiger partial charge on any atom is 0.294 e. The van der Waals surface area contributed by atoms with Crippen LogP contribution in [0.15, 0.2) is 57.9 Å². The van der Waals surface area contributed by atoms with Crippen LogP contribution in [-0.2, 0) is 9.59 Å². The van der Waals surface area contributed by atoms with Crippen molar-refractivity contribution in [2.45, 2.75) is 0 Å². The molecule has 8 heteroatoms. The smallest absolute Gasteiger partial charge is 0.294 e. The molecule has 0 bridgehead atoms. The van der Waals surface area contributed by atoms with Crippen molar-refractivity contribution in [2.75, 3.05) is 19.0 Å². The Hall–Kier alpha value is -2.58. The molecule has 0 unspecified atom stereocenters. The van der Waals surface area contributed by atoms with Crippen LogP contribution in [0.4, 0.5) is 10.5 Å². The van der Waals surface area contributed by atoms with Crippen LogP contribution in [0, 0.1) is 0 Å². The predicted molar refractivity (Wildman–Crippen MR) is 108 cm³/mol. The van der Waals surface area contributed by atoms with Crippen LogP contribution in [0.5, 0.6) is 5.75 Å². The van der Waals surface area contributed by atoms with Crippen LogP contribution in [0.3, 0.4) is 0 Å². The number of methoxy groups -OCH3 is 1. The lowest BCUT2D eigenvalue weighted by atomic mass is 10.2. The summed E-state index contributed by atoms with van der Waals surface area (Å²) in [6.45, 7) is -0.341. The Morgan fingerprint density at radius 2 is 1.89 bits per heavy atom. The number of imide groups is 1. The SMILES string of the molecule is COc1ccc(/C=C2/SC(=O)N(CC(=O)Nc3ccccc3Br)C2=O)cc1. The van der Waals surface area contributed by atoms with E-state index < -0.39 is 17.1 Å². The molecule has 0 aromatic heterocycles. The number of halogens is 1. The molecule has 3 rings (SSSR count). The van der Waals surface area contributed by atoms with E-state index >= 15 is 0 Å². The van der Waals surface area contributed by atoms with E-state index in [1.54, 1.807) is 55.7 Å². The Kier molecular flexibility index (Phi) is 5.98. The van der Waals surface area contributed by atoms with Gasteiger partial charge >= 0.3 is 0 Å². The number of hydrogen-bond donors (Lipinski definition) is 1. The minimum Gasteiger partial charge on any atom is -0.497 e. The van der Waals surface area contributed by atoms with Crippen molar-refractivity contribution in [3.8, 4) is 5.75 Å². The van der Waals surface area contributed by atoms with Crippen molar-refractivity contribution < 1.29 is 19.1 Å². The van der Waals surface area contributed by atoms with Gasteiger partial charge in [0.05, 0.1) is 17.7 Å². The van der Waals surface area contributed by atoms with Gasteiger partial charge in [0.2, 0.25) is 5.91 Å². The van der Waals surface area contributed by atoms with Crippen LogP contribution >= 0.6 is 27.7 Å². The maximum atomic E-state index is 12.5. The number of hydrogen-bond acceptors (Lipinski definition) is 5. The van der Waals surface area contributed by atoms with Gasteiger partial charge in [-0.3, -0.25) is 19.3 Å². The van der Waals surface area contributed by atoms with Crippen molar-refractivity contribution in [3.63, 3.8) is 0 Å². The van der Waals surface area contributed by atoms with Crippen LogP contribution in [0.25, 0.3) is 6.08 Å². The van der Waals surface area contributed by atoms with Crippen molar-refractivity contribution in [2.24, 2.45) is 0 Å². The number of ether oxygens (including phenoxy) is 1. The Morgan fingerprint density at radius 3 is 2.56 bits per heavy atom. The summed E-state index contributed by atoms with van der Waals surface area (Å²) < 4.78 is 5.81. The summed E-state index contributed by atoms with van der Waals surface area (Å²) in [4.78, 5) is 38.1. The van der Waals surface area contributed by atoms with Crippen molar-refractivity contribution in [3.05, 3.63) is 63.5 Å². The van der Waals surface area contributed by atoms with E-state index in [1.807, 2.05) is 6.07 Å². The lowest BCUT2D eigenvalue weighted by Gasteiger charge is -2.13. The van der Waals surface area contributed by atoms with E-state index in [4.69, 9.17) is 4.74 Å². The van der Waals surface area contributed by atoms with Crippen LogP contribution < -0.4 is 10.1 Å². The van der Waals surface area contributed by atoms with Gasteiger partial charge < -0.3 is 10.1 Å². The first kappa shape index (κ1) is 19.2. The number of para-hydroxylation sites is 1. The quantitative estimate of drug-likeness (QED) is 0.698. The van der Waals surface area contributed by atoms with E-state index in [-0.39, 0.29) is 11.4 Å². The van der Waals surface area contributed by atoms with Gasteiger partial charge in [0.25, 0.3) is 11.1 Å². The standard InChI is InChI=1S/C19H15BrN2O4S/c1-26-13-8-6-12(7-9-13)10-16-18(24)22(19(25)27-16)11-17(23)21-15-5-3-2-4-14(15)20/h2-10H,11H2,1H3,(H,21,23)/b16-10+. The molecule has 1 aliphatic rings. The number of anilines is 1. The van der Waals surface area contributed by atoms with Gasteiger partial charge in [-0.25, -0.2) is 0 Å². The Bertz CT molecular complexity index is 928. The molecule has 3 amide bonds. The molecule has 0 aliphatic carbocycles. The Balaban J connectivity index is 1.69. The zero-order chi connectivity index (χ0) is 19.4. The van der Waals surface area contributed by atoms with Crippen molar-refractivity contribution in [1.82, 2.24) is 4.90 Å². The summed E-state index contributed by atoms with van der Waals surface area (Å²) in [5, 5.41) is 2.21. The molecule has 0 saturated carbocycles. The molecule has 2 aromatic carbocycles. The molecule has 0 atom stereocenters. The third-order valence-electron chi connectivity index (χ3n) is 3.74. The highest BCUT2D eigenvalue weighted by molar-refractivity contribution is 9.10. The van der Waals surface area contributed by atoms with Gasteiger partial charge in [0.1, 0.15) is 12.3 Å². The molecular weight excluding hydrogens is 432 g/mol. The summed E-state index contributed by atoms with van der Waals surface area (Å²) in [5.74, 6) is -0.234. The zero-order valence-electron chi connectivity index (χ0n) is 14.3. The molecule has 27 heavy (non-hydrogen) atoms. The van der Waals surface area contributed by atoms with Gasteiger partial charge in [0.15, 0.2) is 0 Å². The number of thioether (sulfide) groups is 1. The molecule has 1 fully saturated rings. The average Bonchev–Trinajstić information content (AvgIpc) is 2.91. The summed E-state index contributed by atoms with van der Waals surface area (Å²) >= 11 is 4.15. The van der Waals surface area contributed by atoms with Crippen molar-refractivity contribution >= 4 is 56.5 Å². The van der Waals surface area contributed by atoms with Gasteiger partial charge in [-0.05, 0) is 63.6 Å². The molecule has 1 N–H and O–H groups in total. The van der Waals surface area contributed by atoms with Gasteiger partial charge in [-0.15, -0.1) is 0 Å². The zero-order valence-corrected chi connectivity index (χ0v) is 16.7. The number of rotatable bonds is 5. The Morgan fingerprint density at radius 1 is 1.19 bits per heavy atom. The lowest BCUT2D eigenvalue weighted by Crippen LogP contribution is -2.36. The second-order valence-electron chi connectivity index (χ2n) is 5.57. The van der Waals surface area contributed by atoms with Crippen LogP contribution in [0.2, 0.25) is 0 Å². The fraction of sp³-hybridized carbons (Fsp3) is 0.105. The highest BCUT2D eigenvalue weighted by Crippen LogP contribution is 2.32. The lowest BCUT2D eigenvalue weighted by molar-refractivity contribution is -0.127. The number of carbonyl (C=O) groups is 3. The third kappa shape index (κ3) is 4.58. The molecular formula is C19H15BrN2O4S. The van der Waals surface area contributed by atoms with Gasteiger partial charge in [-0.2, -0.15) is 0 Å². The number of benzene rings is 2. The van der Waals surface area contributed by atoms with E-state index in [0.717, 1.165) is 22.2 Å². The Labute approximate surface area is 168 Å². The number of nitrogens with zero attached hydrogens (tertiary/aromatic N) is 1. The number of amides is 3. The molecule has 6 nitrogen and oxygen atoms in total. The van der Waals surface area contributed by atoms with Gasteiger partial charge in [-0.1, -0.05) is 24.3 Å². The topological polar surface area (TPSA) is 75.7 Å². The fourth-order valence-electron chi connectivity index (χ4n) is 2.38. The summed E-state index contributed by atoms with van der Waals surface area (Å²) in [6.07, 6.45) is 1.62. The monoisotopic (exact) mass is 446 g/mol. The normalized spacial score (nSPS) is 15.3. The second-order valence-corrected chi connectivity index (χ2v) is 7.42. The highest BCUT2D eigenvalue weighted by atomic mass is 79.9. The molecule has 0 radical (unpaired) electrons. The molecule has 1 heterocycles. The van der Waals surface area contributed by atoms with Gasteiger partial charge in [0, 0.05) is 4.47 Å². The predicted octanol–water partition coefficient (Wildman–Crippen LogP) is 4.13. The molecule has 2 aromatic rings. The molecule has 138 valence electrons. The van der Waals surface area contributed by atoms with E-state index in [0.29, 0.717) is 15.9 Å². The minimum atomic E-state index is -0.483. The van der Waals surface area contributed by atoms with E-state index in [9.17, 15) is 14.4 Å².